The molecule has 2 rings (SSSR count). The molecule has 0 radical (unpaired) electrons. The number of aromatic nitrogens is 2. The lowest BCUT2D eigenvalue weighted by atomic mass is 10.2. The van der Waals surface area contributed by atoms with Crippen molar-refractivity contribution in [2.24, 2.45) is 0 Å². The topological polar surface area (TPSA) is 66.9 Å². The molecular weight excluding hydrogens is 264 g/mol. The monoisotopic (exact) mass is 284 g/mol. The lowest BCUT2D eigenvalue weighted by Crippen LogP contribution is -2.25. The maximum Gasteiger partial charge on any atom is 0.272 e. The summed E-state index contributed by atoms with van der Waals surface area (Å²) in [6.45, 7) is 4.48. The highest BCUT2D eigenvalue weighted by atomic mass is 16.1. The fourth-order valence-corrected chi connectivity index (χ4v) is 1.89. The van der Waals surface area contributed by atoms with Crippen LogP contribution in [0.25, 0.3) is 0 Å². The van der Waals surface area contributed by atoms with E-state index in [9.17, 15) is 4.79 Å². The van der Waals surface area contributed by atoms with E-state index < -0.39 is 0 Å². The highest BCUT2D eigenvalue weighted by molar-refractivity contribution is 5.97. The molecule has 110 valence electrons. The van der Waals surface area contributed by atoms with Crippen LogP contribution in [0.2, 0.25) is 0 Å². The first kappa shape index (κ1) is 15.0. The van der Waals surface area contributed by atoms with E-state index >= 15 is 0 Å². The second-order valence-electron chi connectivity index (χ2n) is 5.06. The van der Waals surface area contributed by atoms with Gasteiger partial charge in [-0.2, -0.15) is 0 Å². The molecule has 2 N–H and O–H groups in total. The van der Waals surface area contributed by atoms with Crippen molar-refractivity contribution < 1.29 is 4.79 Å². The molecule has 21 heavy (non-hydrogen) atoms. The van der Waals surface area contributed by atoms with Crippen molar-refractivity contribution in [1.29, 1.82) is 0 Å². The minimum absolute atomic E-state index is 0.177. The molecule has 0 atom stereocenters. The van der Waals surface area contributed by atoms with Crippen LogP contribution in [0.3, 0.4) is 0 Å². The van der Waals surface area contributed by atoms with E-state index in [-0.39, 0.29) is 11.8 Å². The van der Waals surface area contributed by atoms with Crippen LogP contribution >= 0.6 is 0 Å². The molecular formula is C16H20N4O. The maximum atomic E-state index is 12.3. The van der Waals surface area contributed by atoms with Crippen molar-refractivity contribution in [2.75, 3.05) is 12.4 Å². The summed E-state index contributed by atoms with van der Waals surface area (Å²) >= 11 is 0. The van der Waals surface area contributed by atoms with E-state index in [1.807, 2.05) is 44.2 Å². The van der Waals surface area contributed by atoms with Crippen molar-refractivity contribution in [1.82, 2.24) is 15.3 Å². The Bertz CT molecular complexity index is 611. The third kappa shape index (κ3) is 3.78. The molecule has 1 amide bonds. The molecule has 0 bridgehead atoms. The van der Waals surface area contributed by atoms with Gasteiger partial charge in [0.05, 0.1) is 11.9 Å². The van der Waals surface area contributed by atoms with Gasteiger partial charge < -0.3 is 10.6 Å². The number of amides is 1. The van der Waals surface area contributed by atoms with Crippen LogP contribution in [0, 0.1) is 0 Å². The van der Waals surface area contributed by atoms with E-state index in [4.69, 9.17) is 0 Å². The molecule has 0 aliphatic rings. The van der Waals surface area contributed by atoms with Gasteiger partial charge in [0.1, 0.15) is 5.82 Å². The van der Waals surface area contributed by atoms with E-state index in [2.05, 4.69) is 20.6 Å². The summed E-state index contributed by atoms with van der Waals surface area (Å²) < 4.78 is 0. The van der Waals surface area contributed by atoms with Crippen LogP contribution in [-0.4, -0.2) is 22.9 Å². The minimum Gasteiger partial charge on any atom is -0.385 e. The highest BCUT2D eigenvalue weighted by Crippen LogP contribution is 2.15. The Labute approximate surface area is 124 Å². The average Bonchev–Trinajstić information content (AvgIpc) is 2.52. The number of nitrogens with zero attached hydrogens (tertiary/aromatic N) is 2. The Morgan fingerprint density at radius 1 is 1.24 bits per heavy atom. The molecule has 5 heteroatoms. The molecule has 1 heterocycles. The summed E-state index contributed by atoms with van der Waals surface area (Å²) in [6.07, 6.45) is 1.65. The summed E-state index contributed by atoms with van der Waals surface area (Å²) in [5.41, 5.74) is 2.06. The molecule has 1 aromatic carbocycles. The van der Waals surface area contributed by atoms with Crippen LogP contribution in [0.5, 0.6) is 0 Å². The molecule has 0 saturated carbocycles. The van der Waals surface area contributed by atoms with Crippen molar-refractivity contribution >= 4 is 11.6 Å². The van der Waals surface area contributed by atoms with Gasteiger partial charge in [-0.3, -0.25) is 4.79 Å². The highest BCUT2D eigenvalue weighted by Gasteiger charge is 2.15. The number of rotatable bonds is 5. The predicted molar refractivity (Wildman–Crippen MR) is 83.3 cm³/mol. The van der Waals surface area contributed by atoms with Crippen LogP contribution in [0.1, 0.15) is 41.6 Å². The zero-order valence-electron chi connectivity index (χ0n) is 12.6. The first-order chi connectivity index (χ1) is 10.1. The molecule has 0 unspecified atom stereocenters. The number of nitrogens with one attached hydrogen (secondary N) is 2. The first-order valence-electron chi connectivity index (χ1n) is 6.98. The predicted octanol–water partition coefficient (Wildman–Crippen LogP) is 2.57. The van der Waals surface area contributed by atoms with Gasteiger partial charge in [-0.05, 0) is 5.56 Å². The van der Waals surface area contributed by atoms with Gasteiger partial charge in [0.15, 0.2) is 5.69 Å². The Morgan fingerprint density at radius 2 is 1.95 bits per heavy atom. The number of anilines is 1. The number of benzene rings is 1. The molecule has 0 spiro atoms. The fourth-order valence-electron chi connectivity index (χ4n) is 1.89. The summed E-state index contributed by atoms with van der Waals surface area (Å²) in [5.74, 6) is 0.642. The lowest BCUT2D eigenvalue weighted by Gasteiger charge is -2.11. The Balaban J connectivity index is 2.15. The zero-order valence-corrected chi connectivity index (χ0v) is 12.6. The summed E-state index contributed by atoms with van der Waals surface area (Å²) in [5, 5.41) is 5.84. The first-order valence-corrected chi connectivity index (χ1v) is 6.98. The molecule has 0 saturated heterocycles. The van der Waals surface area contributed by atoms with Crippen molar-refractivity contribution in [2.45, 2.75) is 26.3 Å². The zero-order chi connectivity index (χ0) is 15.2. The number of hydrogen-bond donors (Lipinski definition) is 2. The van der Waals surface area contributed by atoms with Crippen molar-refractivity contribution in [3.05, 3.63) is 53.6 Å². The van der Waals surface area contributed by atoms with Crippen molar-refractivity contribution in [3.63, 3.8) is 0 Å². The van der Waals surface area contributed by atoms with Crippen LogP contribution in [-0.2, 0) is 6.54 Å². The van der Waals surface area contributed by atoms with Crippen LogP contribution < -0.4 is 10.6 Å². The Hall–Kier alpha value is -2.43. The second-order valence-corrected chi connectivity index (χ2v) is 5.06. The molecule has 0 fully saturated rings. The van der Waals surface area contributed by atoms with Gasteiger partial charge in [-0.1, -0.05) is 44.2 Å². The number of carbonyl (C=O) groups is 1. The molecule has 2 aromatic rings. The smallest absolute Gasteiger partial charge is 0.272 e. The Morgan fingerprint density at radius 3 is 2.57 bits per heavy atom. The third-order valence-corrected chi connectivity index (χ3v) is 3.10. The standard InChI is InChI=1S/C16H20N4O/c1-11(2)15-18-10-13(17-3)14(20-15)16(21)19-9-12-7-5-4-6-8-12/h4-8,10-11,17H,9H2,1-3H3,(H,19,21). The van der Waals surface area contributed by atoms with Gasteiger partial charge in [-0.25, -0.2) is 9.97 Å². The van der Waals surface area contributed by atoms with E-state index in [0.29, 0.717) is 23.8 Å². The van der Waals surface area contributed by atoms with E-state index in [1.54, 1.807) is 13.2 Å². The van der Waals surface area contributed by atoms with E-state index in [1.165, 1.54) is 0 Å². The minimum atomic E-state index is -0.201. The third-order valence-electron chi connectivity index (χ3n) is 3.10. The van der Waals surface area contributed by atoms with Gasteiger partial charge in [0.25, 0.3) is 5.91 Å². The summed E-state index contributed by atoms with van der Waals surface area (Å²) in [4.78, 5) is 21.0. The quantitative estimate of drug-likeness (QED) is 0.885. The van der Waals surface area contributed by atoms with Crippen LogP contribution in [0.15, 0.2) is 36.5 Å². The average molecular weight is 284 g/mol. The summed E-state index contributed by atoms with van der Waals surface area (Å²) in [7, 11) is 1.75. The second kappa shape index (κ2) is 6.83. The largest absolute Gasteiger partial charge is 0.385 e. The van der Waals surface area contributed by atoms with Gasteiger partial charge in [0, 0.05) is 19.5 Å². The normalized spacial score (nSPS) is 10.5. The SMILES string of the molecule is CNc1cnc(C(C)C)nc1C(=O)NCc1ccccc1. The van der Waals surface area contributed by atoms with Gasteiger partial charge in [0.2, 0.25) is 0 Å². The van der Waals surface area contributed by atoms with Crippen LogP contribution in [0.4, 0.5) is 5.69 Å². The number of carbonyl (C=O) groups excluding carboxylic acids is 1. The van der Waals surface area contributed by atoms with Crippen molar-refractivity contribution in [3.8, 4) is 0 Å². The molecule has 0 aliphatic carbocycles. The van der Waals surface area contributed by atoms with E-state index in [0.717, 1.165) is 5.56 Å². The fraction of sp³-hybridized carbons (Fsp3) is 0.312. The Kier molecular flexibility index (Phi) is 4.87. The molecule has 5 nitrogen and oxygen atoms in total. The lowest BCUT2D eigenvalue weighted by molar-refractivity contribution is 0.0946. The molecule has 1 aromatic heterocycles. The number of hydrogen-bond acceptors (Lipinski definition) is 4. The van der Waals surface area contributed by atoms with Gasteiger partial charge >= 0.3 is 0 Å². The maximum absolute atomic E-state index is 12.3. The van der Waals surface area contributed by atoms with Gasteiger partial charge in [-0.15, -0.1) is 0 Å². The molecule has 0 aliphatic heterocycles. The summed E-state index contributed by atoms with van der Waals surface area (Å²) in [6, 6.07) is 9.78.